The molecule has 1 atom stereocenters. The topological polar surface area (TPSA) is 59.1 Å². The SMILES string of the molecule is CC(NS(=O)(=O)c1ccc(Br)cc1Br)c1ccccn1. The molecule has 0 aliphatic carbocycles. The van der Waals surface area contributed by atoms with Gasteiger partial charge in [0.15, 0.2) is 0 Å². The van der Waals surface area contributed by atoms with Crippen LogP contribution in [-0.2, 0) is 10.0 Å². The van der Waals surface area contributed by atoms with Gasteiger partial charge in [-0.3, -0.25) is 4.98 Å². The van der Waals surface area contributed by atoms with Gasteiger partial charge in [0.05, 0.1) is 16.6 Å². The first kappa shape index (κ1) is 15.6. The molecule has 0 bridgehead atoms. The normalized spacial score (nSPS) is 13.2. The molecule has 0 amide bonds. The van der Waals surface area contributed by atoms with Crippen LogP contribution in [0.15, 0.2) is 56.4 Å². The number of halogens is 2. The van der Waals surface area contributed by atoms with E-state index in [1.54, 1.807) is 43.5 Å². The summed E-state index contributed by atoms with van der Waals surface area (Å²) in [6.45, 7) is 1.76. The Morgan fingerprint density at radius 2 is 1.95 bits per heavy atom. The molecule has 0 spiro atoms. The second-order valence-electron chi connectivity index (χ2n) is 4.17. The van der Waals surface area contributed by atoms with Gasteiger partial charge < -0.3 is 0 Å². The highest BCUT2D eigenvalue weighted by atomic mass is 79.9. The first-order valence-corrected chi connectivity index (χ1v) is 8.85. The van der Waals surface area contributed by atoms with Crippen LogP contribution in [0.3, 0.4) is 0 Å². The summed E-state index contributed by atoms with van der Waals surface area (Å²) in [5, 5.41) is 0. The van der Waals surface area contributed by atoms with Gasteiger partial charge in [-0.1, -0.05) is 22.0 Å². The van der Waals surface area contributed by atoms with Crippen molar-refractivity contribution in [3.8, 4) is 0 Å². The third kappa shape index (κ3) is 3.66. The van der Waals surface area contributed by atoms with Gasteiger partial charge in [-0.25, -0.2) is 13.1 Å². The van der Waals surface area contributed by atoms with Crippen molar-refractivity contribution in [1.29, 1.82) is 0 Å². The number of rotatable bonds is 4. The Morgan fingerprint density at radius 3 is 2.55 bits per heavy atom. The quantitative estimate of drug-likeness (QED) is 0.822. The van der Waals surface area contributed by atoms with E-state index in [1.807, 2.05) is 6.07 Å². The minimum atomic E-state index is -3.61. The maximum absolute atomic E-state index is 12.4. The van der Waals surface area contributed by atoms with Crippen molar-refractivity contribution in [3.63, 3.8) is 0 Å². The maximum atomic E-state index is 12.4. The minimum absolute atomic E-state index is 0.198. The van der Waals surface area contributed by atoms with Gasteiger partial charge in [0.2, 0.25) is 10.0 Å². The van der Waals surface area contributed by atoms with Crippen LogP contribution in [0.5, 0.6) is 0 Å². The maximum Gasteiger partial charge on any atom is 0.242 e. The van der Waals surface area contributed by atoms with E-state index in [1.165, 1.54) is 0 Å². The molecule has 4 nitrogen and oxygen atoms in total. The van der Waals surface area contributed by atoms with Gasteiger partial charge in [-0.15, -0.1) is 0 Å². The lowest BCUT2D eigenvalue weighted by Gasteiger charge is -2.14. The molecule has 106 valence electrons. The number of nitrogens with zero attached hydrogens (tertiary/aromatic N) is 1. The van der Waals surface area contributed by atoms with Crippen LogP contribution in [0.4, 0.5) is 0 Å². The van der Waals surface area contributed by atoms with Crippen LogP contribution in [0.1, 0.15) is 18.7 Å². The van der Waals surface area contributed by atoms with Gasteiger partial charge in [-0.05, 0) is 53.2 Å². The Kier molecular flexibility index (Phi) is 4.95. The lowest BCUT2D eigenvalue weighted by molar-refractivity contribution is 0.563. The highest BCUT2D eigenvalue weighted by Gasteiger charge is 2.21. The van der Waals surface area contributed by atoms with Crippen LogP contribution in [-0.4, -0.2) is 13.4 Å². The predicted octanol–water partition coefficient (Wildman–Crippen LogP) is 3.65. The van der Waals surface area contributed by atoms with Crippen molar-refractivity contribution in [2.75, 3.05) is 0 Å². The van der Waals surface area contributed by atoms with Gasteiger partial charge in [-0.2, -0.15) is 0 Å². The third-order valence-electron chi connectivity index (χ3n) is 2.65. The highest BCUT2D eigenvalue weighted by molar-refractivity contribution is 9.11. The molecule has 0 radical (unpaired) electrons. The fraction of sp³-hybridized carbons (Fsp3) is 0.154. The Balaban J connectivity index is 2.28. The molecule has 20 heavy (non-hydrogen) atoms. The Hall–Kier alpha value is -0.760. The second kappa shape index (κ2) is 6.34. The number of hydrogen-bond donors (Lipinski definition) is 1. The summed E-state index contributed by atoms with van der Waals surface area (Å²) in [4.78, 5) is 4.34. The Morgan fingerprint density at radius 1 is 1.20 bits per heavy atom. The lowest BCUT2D eigenvalue weighted by atomic mass is 10.2. The molecule has 2 aromatic rings. The molecule has 0 fully saturated rings. The molecule has 1 aromatic carbocycles. The van der Waals surface area contributed by atoms with E-state index in [0.29, 0.717) is 10.2 Å². The summed E-state index contributed by atoms with van der Waals surface area (Å²) >= 11 is 6.56. The monoisotopic (exact) mass is 418 g/mol. The van der Waals surface area contributed by atoms with Crippen LogP contribution in [0, 0.1) is 0 Å². The zero-order valence-electron chi connectivity index (χ0n) is 10.5. The summed E-state index contributed by atoms with van der Waals surface area (Å²) in [5.74, 6) is 0. The molecular weight excluding hydrogens is 408 g/mol. The van der Waals surface area contributed by atoms with Crippen LogP contribution in [0.2, 0.25) is 0 Å². The van der Waals surface area contributed by atoms with Crippen molar-refractivity contribution < 1.29 is 8.42 Å². The summed E-state index contributed by atoms with van der Waals surface area (Å²) < 4.78 is 28.7. The van der Waals surface area contributed by atoms with Crippen molar-refractivity contribution in [2.24, 2.45) is 0 Å². The van der Waals surface area contributed by atoms with Gasteiger partial charge in [0.25, 0.3) is 0 Å². The van der Waals surface area contributed by atoms with E-state index in [2.05, 4.69) is 41.6 Å². The minimum Gasteiger partial charge on any atom is -0.260 e. The first-order chi connectivity index (χ1) is 9.40. The fourth-order valence-corrected chi connectivity index (χ4v) is 4.64. The smallest absolute Gasteiger partial charge is 0.242 e. The third-order valence-corrected chi connectivity index (χ3v) is 5.66. The number of sulfonamides is 1. The average Bonchev–Trinajstić information content (AvgIpc) is 2.38. The Labute approximate surface area is 134 Å². The van der Waals surface area contributed by atoms with E-state index < -0.39 is 16.1 Å². The fourth-order valence-electron chi connectivity index (χ4n) is 1.68. The first-order valence-electron chi connectivity index (χ1n) is 5.78. The summed E-state index contributed by atoms with van der Waals surface area (Å²) in [5.41, 5.74) is 0.671. The molecule has 1 unspecified atom stereocenters. The predicted molar refractivity (Wildman–Crippen MR) is 84.8 cm³/mol. The lowest BCUT2D eigenvalue weighted by Crippen LogP contribution is -2.27. The summed E-state index contributed by atoms with van der Waals surface area (Å²) in [7, 11) is -3.61. The molecule has 0 aliphatic heterocycles. The largest absolute Gasteiger partial charge is 0.260 e. The van der Waals surface area contributed by atoms with Gasteiger partial charge >= 0.3 is 0 Å². The molecular formula is C13H12Br2N2O2S. The van der Waals surface area contributed by atoms with Crippen molar-refractivity contribution in [3.05, 3.63) is 57.2 Å². The standard InChI is InChI=1S/C13H12Br2N2O2S/c1-9(12-4-2-3-7-16-12)17-20(18,19)13-6-5-10(14)8-11(13)15/h2-9,17H,1H3. The molecule has 0 saturated heterocycles. The van der Waals surface area contributed by atoms with Crippen molar-refractivity contribution in [2.45, 2.75) is 17.9 Å². The van der Waals surface area contributed by atoms with Crippen LogP contribution < -0.4 is 4.72 Å². The number of benzene rings is 1. The van der Waals surface area contributed by atoms with E-state index in [9.17, 15) is 8.42 Å². The molecule has 0 aliphatic rings. The average molecular weight is 420 g/mol. The number of pyridine rings is 1. The molecule has 7 heteroatoms. The van der Waals surface area contributed by atoms with E-state index >= 15 is 0 Å². The van der Waals surface area contributed by atoms with Crippen LogP contribution in [0.25, 0.3) is 0 Å². The van der Waals surface area contributed by atoms with E-state index in [0.717, 1.165) is 4.47 Å². The van der Waals surface area contributed by atoms with Crippen molar-refractivity contribution in [1.82, 2.24) is 9.71 Å². The highest BCUT2D eigenvalue weighted by Crippen LogP contribution is 2.26. The van der Waals surface area contributed by atoms with E-state index in [-0.39, 0.29) is 4.90 Å². The van der Waals surface area contributed by atoms with Crippen molar-refractivity contribution >= 4 is 41.9 Å². The summed E-state index contributed by atoms with van der Waals surface area (Å²) in [6.07, 6.45) is 1.63. The van der Waals surface area contributed by atoms with Gasteiger partial charge in [0.1, 0.15) is 0 Å². The number of aromatic nitrogens is 1. The number of nitrogens with one attached hydrogen (secondary N) is 1. The molecule has 1 aromatic heterocycles. The number of hydrogen-bond acceptors (Lipinski definition) is 3. The molecule has 1 heterocycles. The van der Waals surface area contributed by atoms with E-state index in [4.69, 9.17) is 0 Å². The molecule has 1 N–H and O–H groups in total. The van der Waals surface area contributed by atoms with Gasteiger partial charge in [0, 0.05) is 15.1 Å². The molecule has 2 rings (SSSR count). The zero-order chi connectivity index (χ0) is 14.8. The summed E-state index contributed by atoms with van der Waals surface area (Å²) in [6, 6.07) is 9.91. The zero-order valence-corrected chi connectivity index (χ0v) is 14.5. The molecule has 0 saturated carbocycles. The second-order valence-corrected chi connectivity index (χ2v) is 7.62. The Bertz CT molecular complexity index is 706. The van der Waals surface area contributed by atoms with Crippen LogP contribution >= 0.6 is 31.9 Å².